The molecule has 0 atom stereocenters. The summed E-state index contributed by atoms with van der Waals surface area (Å²) in [7, 11) is 0.393. The number of morpholine rings is 1. The Kier molecular flexibility index (Phi) is 7.87. The molecule has 10 heteroatoms. The van der Waals surface area contributed by atoms with E-state index in [4.69, 9.17) is 9.72 Å². The highest BCUT2D eigenvalue weighted by Gasteiger charge is 2.27. The quantitative estimate of drug-likeness (QED) is 0.456. The largest absolute Gasteiger partial charge is 0.379 e. The highest BCUT2D eigenvalue weighted by molar-refractivity contribution is 7.89. The van der Waals surface area contributed by atoms with E-state index in [9.17, 15) is 13.2 Å². The van der Waals surface area contributed by atoms with E-state index in [1.807, 2.05) is 14.1 Å². The molecule has 1 amide bonds. The third kappa shape index (κ3) is 5.73. The van der Waals surface area contributed by atoms with E-state index in [0.717, 1.165) is 28.7 Å². The third-order valence-electron chi connectivity index (χ3n) is 6.16. The number of amides is 1. The van der Waals surface area contributed by atoms with Crippen molar-refractivity contribution in [3.8, 4) is 0 Å². The molecule has 0 radical (unpaired) electrons. The van der Waals surface area contributed by atoms with Gasteiger partial charge < -0.3 is 9.64 Å². The average Bonchev–Trinajstić information content (AvgIpc) is 3.24. The molecule has 0 N–H and O–H groups in total. The Labute approximate surface area is 211 Å². The minimum absolute atomic E-state index is 0.182. The van der Waals surface area contributed by atoms with Crippen molar-refractivity contribution in [2.24, 2.45) is 0 Å². The maximum Gasteiger partial charge on any atom is 0.260 e. The fourth-order valence-corrected chi connectivity index (χ4v) is 6.45. The number of aromatic nitrogens is 1. The number of carbonyl (C=O) groups excluding carboxylic acids is 1. The second-order valence-corrected chi connectivity index (χ2v) is 12.0. The van der Waals surface area contributed by atoms with Crippen LogP contribution in [0.3, 0.4) is 0 Å². The lowest BCUT2D eigenvalue weighted by atomic mass is 10.1. The van der Waals surface area contributed by atoms with E-state index in [2.05, 4.69) is 30.9 Å². The lowest BCUT2D eigenvalue weighted by molar-refractivity contribution is 0.0730. The molecule has 1 aromatic heterocycles. The number of rotatable bonds is 8. The maximum absolute atomic E-state index is 13.6. The molecular formula is C25H32N4O4S2. The molecular weight excluding hydrogens is 484 g/mol. The van der Waals surface area contributed by atoms with Crippen molar-refractivity contribution in [3.63, 3.8) is 0 Å². The van der Waals surface area contributed by atoms with Gasteiger partial charge in [-0.15, -0.1) is 0 Å². The lowest BCUT2D eigenvalue weighted by Gasteiger charge is -2.26. The number of sulfonamides is 1. The summed E-state index contributed by atoms with van der Waals surface area (Å²) in [6, 6.07) is 10.4. The van der Waals surface area contributed by atoms with Crippen LogP contribution in [-0.4, -0.2) is 82.0 Å². The van der Waals surface area contributed by atoms with Gasteiger partial charge in [0.15, 0.2) is 5.13 Å². The first-order valence-corrected chi connectivity index (χ1v) is 13.9. The summed E-state index contributed by atoms with van der Waals surface area (Å²) in [5.41, 5.74) is 3.67. The van der Waals surface area contributed by atoms with Crippen LogP contribution in [0.25, 0.3) is 10.2 Å². The van der Waals surface area contributed by atoms with E-state index in [1.54, 1.807) is 17.0 Å². The average molecular weight is 517 g/mol. The van der Waals surface area contributed by atoms with Crippen molar-refractivity contribution >= 4 is 42.6 Å². The summed E-state index contributed by atoms with van der Waals surface area (Å²) < 4.78 is 33.6. The molecule has 0 saturated carbocycles. The predicted molar refractivity (Wildman–Crippen MR) is 140 cm³/mol. The monoisotopic (exact) mass is 516 g/mol. The molecule has 0 spiro atoms. The first-order chi connectivity index (χ1) is 16.7. The van der Waals surface area contributed by atoms with Gasteiger partial charge >= 0.3 is 0 Å². The molecule has 0 aliphatic carbocycles. The number of ether oxygens (including phenoxy) is 1. The van der Waals surface area contributed by atoms with E-state index >= 15 is 0 Å². The standard InChI is InChI=1S/C25H32N4O4S2/c1-18-16-22-23(17-19(18)2)34-25(26-22)29(11-5-10-27(3)4)24(30)20-6-8-21(9-7-20)35(31,32)28-12-14-33-15-13-28/h6-9,16-17H,5,10-15H2,1-4H3. The van der Waals surface area contributed by atoms with Crippen molar-refractivity contribution < 1.29 is 17.9 Å². The summed E-state index contributed by atoms with van der Waals surface area (Å²) in [4.78, 5) is 22.3. The summed E-state index contributed by atoms with van der Waals surface area (Å²) in [6.45, 7) is 6.92. The zero-order chi connectivity index (χ0) is 25.2. The Morgan fingerprint density at radius 3 is 2.37 bits per heavy atom. The summed E-state index contributed by atoms with van der Waals surface area (Å²) in [6.07, 6.45) is 0.788. The van der Waals surface area contributed by atoms with Gasteiger partial charge in [0.2, 0.25) is 10.0 Å². The molecule has 0 bridgehead atoms. The zero-order valence-corrected chi connectivity index (χ0v) is 22.3. The predicted octanol–water partition coefficient (Wildman–Crippen LogP) is 3.53. The van der Waals surface area contributed by atoms with E-state index < -0.39 is 10.0 Å². The molecule has 8 nitrogen and oxygen atoms in total. The second kappa shape index (κ2) is 10.7. The van der Waals surface area contributed by atoms with Crippen LogP contribution in [0.15, 0.2) is 41.3 Å². The smallest absolute Gasteiger partial charge is 0.260 e. The normalized spacial score (nSPS) is 15.1. The van der Waals surface area contributed by atoms with Crippen LogP contribution in [0.4, 0.5) is 5.13 Å². The van der Waals surface area contributed by atoms with E-state index in [0.29, 0.717) is 43.5 Å². The maximum atomic E-state index is 13.6. The number of thiazole rings is 1. The number of fused-ring (bicyclic) bond motifs is 1. The van der Waals surface area contributed by atoms with Gasteiger partial charge in [-0.3, -0.25) is 9.69 Å². The Bertz CT molecular complexity index is 1260. The van der Waals surface area contributed by atoms with Gasteiger partial charge in [-0.2, -0.15) is 4.31 Å². The molecule has 1 aliphatic heterocycles. The van der Waals surface area contributed by atoms with Crippen molar-refractivity contribution in [2.45, 2.75) is 25.2 Å². The van der Waals surface area contributed by atoms with Crippen LogP contribution in [0.1, 0.15) is 27.9 Å². The Hall–Kier alpha value is -2.37. The highest BCUT2D eigenvalue weighted by atomic mass is 32.2. The summed E-state index contributed by atoms with van der Waals surface area (Å²) >= 11 is 1.50. The summed E-state index contributed by atoms with van der Waals surface area (Å²) in [5, 5.41) is 0.652. The van der Waals surface area contributed by atoms with Gasteiger partial charge in [0.25, 0.3) is 5.91 Å². The van der Waals surface area contributed by atoms with Gasteiger partial charge in [0.1, 0.15) is 0 Å². The van der Waals surface area contributed by atoms with E-state index in [1.165, 1.54) is 33.3 Å². The Morgan fingerprint density at radius 2 is 1.71 bits per heavy atom. The van der Waals surface area contributed by atoms with Crippen LogP contribution in [0, 0.1) is 13.8 Å². The zero-order valence-electron chi connectivity index (χ0n) is 20.7. The van der Waals surface area contributed by atoms with Crippen molar-refractivity contribution in [1.82, 2.24) is 14.2 Å². The number of hydrogen-bond donors (Lipinski definition) is 0. The molecule has 188 valence electrons. The fraction of sp³-hybridized carbons (Fsp3) is 0.440. The molecule has 2 aromatic carbocycles. The van der Waals surface area contributed by atoms with Crippen molar-refractivity contribution in [2.75, 3.05) is 58.4 Å². The number of anilines is 1. The third-order valence-corrected chi connectivity index (χ3v) is 9.12. The minimum atomic E-state index is -3.61. The van der Waals surface area contributed by atoms with Crippen LogP contribution in [0.2, 0.25) is 0 Å². The molecule has 1 fully saturated rings. The van der Waals surface area contributed by atoms with Crippen molar-refractivity contribution in [3.05, 3.63) is 53.1 Å². The number of nitrogens with zero attached hydrogens (tertiary/aromatic N) is 4. The SMILES string of the molecule is Cc1cc2nc(N(CCCN(C)C)C(=O)c3ccc(S(=O)(=O)N4CCOCC4)cc3)sc2cc1C. The molecule has 35 heavy (non-hydrogen) atoms. The Morgan fingerprint density at radius 1 is 1.06 bits per heavy atom. The molecule has 3 aromatic rings. The van der Waals surface area contributed by atoms with Crippen LogP contribution >= 0.6 is 11.3 Å². The molecule has 1 aliphatic rings. The van der Waals surface area contributed by atoms with Gasteiger partial charge in [-0.1, -0.05) is 11.3 Å². The van der Waals surface area contributed by atoms with Crippen LogP contribution in [0.5, 0.6) is 0 Å². The number of carbonyl (C=O) groups is 1. The summed E-state index contributed by atoms with van der Waals surface area (Å²) in [5.74, 6) is -0.188. The fourth-order valence-electron chi connectivity index (χ4n) is 3.97. The molecule has 1 saturated heterocycles. The van der Waals surface area contributed by atoms with Crippen LogP contribution < -0.4 is 4.90 Å². The highest BCUT2D eigenvalue weighted by Crippen LogP contribution is 2.32. The number of hydrogen-bond acceptors (Lipinski definition) is 7. The molecule has 0 unspecified atom stereocenters. The second-order valence-electron chi connectivity index (χ2n) is 9.06. The topological polar surface area (TPSA) is 83.1 Å². The first-order valence-electron chi connectivity index (χ1n) is 11.7. The van der Waals surface area contributed by atoms with E-state index in [-0.39, 0.29) is 10.8 Å². The molecule has 2 heterocycles. The number of aryl methyl sites for hydroxylation is 2. The van der Waals surface area contributed by atoms with Gasteiger partial charge in [0, 0.05) is 25.2 Å². The van der Waals surface area contributed by atoms with Gasteiger partial charge in [0.05, 0.1) is 28.3 Å². The van der Waals surface area contributed by atoms with Crippen LogP contribution in [-0.2, 0) is 14.8 Å². The Balaban J connectivity index is 1.61. The van der Waals surface area contributed by atoms with Gasteiger partial charge in [-0.25, -0.2) is 13.4 Å². The number of benzene rings is 2. The lowest BCUT2D eigenvalue weighted by Crippen LogP contribution is -2.40. The first kappa shape index (κ1) is 25.7. The molecule has 4 rings (SSSR count). The van der Waals surface area contributed by atoms with Gasteiger partial charge in [-0.05, 0) is 88.4 Å². The van der Waals surface area contributed by atoms with Crippen molar-refractivity contribution in [1.29, 1.82) is 0 Å². The minimum Gasteiger partial charge on any atom is -0.379 e.